The molecular formula is C12H13NO2S2. The standard InChI is InChI=1S/C12H13NO2S2/c1-12(6-15-7-12)5-13-11(14)10-4-9-8(17-10)2-3-16-9/h2-4H,5-7H2,1H3,(H,13,14). The summed E-state index contributed by atoms with van der Waals surface area (Å²) in [6, 6.07) is 4.03. The molecule has 0 unspecified atom stereocenters. The van der Waals surface area contributed by atoms with Crippen LogP contribution < -0.4 is 5.32 Å². The van der Waals surface area contributed by atoms with E-state index in [1.807, 2.05) is 6.07 Å². The number of amides is 1. The molecule has 1 saturated heterocycles. The lowest BCUT2D eigenvalue weighted by atomic mass is 9.89. The minimum Gasteiger partial charge on any atom is -0.380 e. The molecule has 0 aromatic carbocycles. The number of carbonyl (C=O) groups is 1. The summed E-state index contributed by atoms with van der Waals surface area (Å²) >= 11 is 3.23. The van der Waals surface area contributed by atoms with Gasteiger partial charge in [0.1, 0.15) is 0 Å². The van der Waals surface area contributed by atoms with Crippen LogP contribution in [-0.2, 0) is 4.74 Å². The van der Waals surface area contributed by atoms with E-state index in [1.165, 1.54) is 9.40 Å². The molecule has 1 N–H and O–H groups in total. The van der Waals surface area contributed by atoms with Gasteiger partial charge in [0.2, 0.25) is 0 Å². The lowest BCUT2D eigenvalue weighted by Gasteiger charge is -2.37. The second kappa shape index (κ2) is 4.08. The first-order chi connectivity index (χ1) is 8.16. The topological polar surface area (TPSA) is 38.3 Å². The second-order valence-electron chi connectivity index (χ2n) is 4.75. The van der Waals surface area contributed by atoms with Crippen molar-refractivity contribution in [3.8, 4) is 0 Å². The molecule has 0 radical (unpaired) electrons. The molecule has 2 aromatic heterocycles. The Hall–Kier alpha value is -0.910. The van der Waals surface area contributed by atoms with Gasteiger partial charge in [-0.15, -0.1) is 22.7 Å². The molecule has 1 aliphatic heterocycles. The Bertz CT molecular complexity index is 525. The molecule has 3 rings (SSSR count). The van der Waals surface area contributed by atoms with Gasteiger partial charge in [-0.05, 0) is 17.5 Å². The largest absolute Gasteiger partial charge is 0.380 e. The smallest absolute Gasteiger partial charge is 0.261 e. The zero-order valence-corrected chi connectivity index (χ0v) is 11.1. The monoisotopic (exact) mass is 267 g/mol. The fourth-order valence-corrected chi connectivity index (χ4v) is 3.84. The van der Waals surface area contributed by atoms with E-state index in [4.69, 9.17) is 4.74 Å². The van der Waals surface area contributed by atoms with Gasteiger partial charge in [0.25, 0.3) is 5.91 Å². The van der Waals surface area contributed by atoms with E-state index < -0.39 is 0 Å². The third-order valence-electron chi connectivity index (χ3n) is 2.94. The van der Waals surface area contributed by atoms with Crippen LogP contribution in [0.1, 0.15) is 16.6 Å². The molecule has 0 spiro atoms. The molecule has 1 aliphatic rings. The Morgan fingerprint density at radius 2 is 2.35 bits per heavy atom. The Morgan fingerprint density at radius 1 is 1.53 bits per heavy atom. The molecule has 17 heavy (non-hydrogen) atoms. The lowest BCUT2D eigenvalue weighted by Crippen LogP contribution is -2.48. The normalized spacial score (nSPS) is 17.9. The number of rotatable bonds is 3. The molecule has 1 fully saturated rings. The third-order valence-corrected chi connectivity index (χ3v) is 5.03. The van der Waals surface area contributed by atoms with E-state index in [2.05, 4.69) is 23.7 Å². The quantitative estimate of drug-likeness (QED) is 0.928. The van der Waals surface area contributed by atoms with Crippen LogP contribution in [0.25, 0.3) is 9.40 Å². The van der Waals surface area contributed by atoms with Crippen molar-refractivity contribution in [3.63, 3.8) is 0 Å². The molecule has 5 heteroatoms. The van der Waals surface area contributed by atoms with Crippen LogP contribution in [0.15, 0.2) is 17.5 Å². The SMILES string of the molecule is CC1(CNC(=O)c2cc3sccc3s2)COC1. The molecule has 0 saturated carbocycles. The van der Waals surface area contributed by atoms with Gasteiger partial charge in [-0.2, -0.15) is 0 Å². The van der Waals surface area contributed by atoms with Crippen molar-refractivity contribution in [2.45, 2.75) is 6.92 Å². The summed E-state index contributed by atoms with van der Waals surface area (Å²) in [6.45, 7) is 4.31. The molecule has 2 aromatic rings. The zero-order chi connectivity index (χ0) is 11.9. The molecule has 3 nitrogen and oxygen atoms in total. The highest BCUT2D eigenvalue weighted by atomic mass is 32.1. The number of ether oxygens (including phenoxy) is 1. The first kappa shape index (κ1) is 11.2. The summed E-state index contributed by atoms with van der Waals surface area (Å²) in [5.41, 5.74) is 0.129. The Labute approximate surface area is 107 Å². The number of hydrogen-bond acceptors (Lipinski definition) is 4. The van der Waals surface area contributed by atoms with Gasteiger partial charge in [0, 0.05) is 21.4 Å². The highest BCUT2D eigenvalue weighted by Gasteiger charge is 2.33. The third kappa shape index (κ3) is 2.10. The van der Waals surface area contributed by atoms with Crippen LogP contribution in [0.2, 0.25) is 0 Å². The average molecular weight is 267 g/mol. The maximum absolute atomic E-state index is 12.0. The van der Waals surface area contributed by atoms with Crippen molar-refractivity contribution >= 4 is 38.0 Å². The Kier molecular flexibility index (Phi) is 2.69. The Balaban J connectivity index is 1.67. The minimum atomic E-state index is 0.0338. The van der Waals surface area contributed by atoms with Crippen LogP contribution in [0, 0.1) is 5.41 Å². The van der Waals surface area contributed by atoms with Crippen molar-refractivity contribution < 1.29 is 9.53 Å². The number of nitrogens with one attached hydrogen (secondary N) is 1. The second-order valence-corrected chi connectivity index (χ2v) is 6.78. The van der Waals surface area contributed by atoms with E-state index in [-0.39, 0.29) is 11.3 Å². The highest BCUT2D eigenvalue weighted by molar-refractivity contribution is 7.27. The van der Waals surface area contributed by atoms with E-state index in [0.717, 1.165) is 18.1 Å². The van der Waals surface area contributed by atoms with Crippen LogP contribution in [0.4, 0.5) is 0 Å². The first-order valence-corrected chi connectivity index (χ1v) is 7.19. The molecular weight excluding hydrogens is 254 g/mol. The van der Waals surface area contributed by atoms with E-state index >= 15 is 0 Å². The predicted molar refractivity (Wildman–Crippen MR) is 71.0 cm³/mol. The van der Waals surface area contributed by atoms with Crippen molar-refractivity contribution in [2.24, 2.45) is 5.41 Å². The highest BCUT2D eigenvalue weighted by Crippen LogP contribution is 2.30. The lowest BCUT2D eigenvalue weighted by molar-refractivity contribution is -0.0978. The van der Waals surface area contributed by atoms with Gasteiger partial charge in [0.05, 0.1) is 18.1 Å². The molecule has 0 atom stereocenters. The summed E-state index contributed by atoms with van der Waals surface area (Å²) in [7, 11) is 0. The molecule has 1 amide bonds. The number of carbonyl (C=O) groups excluding carboxylic acids is 1. The summed E-state index contributed by atoms with van der Waals surface area (Å²) < 4.78 is 7.55. The fraction of sp³-hybridized carbons (Fsp3) is 0.417. The van der Waals surface area contributed by atoms with E-state index in [1.54, 1.807) is 22.7 Å². The van der Waals surface area contributed by atoms with Crippen molar-refractivity contribution in [2.75, 3.05) is 19.8 Å². The number of thiophene rings is 2. The maximum atomic E-state index is 12.0. The summed E-state index contributed by atoms with van der Waals surface area (Å²) in [5, 5.41) is 5.04. The Morgan fingerprint density at radius 3 is 3.00 bits per heavy atom. The fourth-order valence-electron chi connectivity index (χ4n) is 1.81. The number of hydrogen-bond donors (Lipinski definition) is 1. The van der Waals surface area contributed by atoms with Gasteiger partial charge in [-0.25, -0.2) is 0 Å². The molecule has 3 heterocycles. The van der Waals surface area contributed by atoms with Crippen LogP contribution in [0.5, 0.6) is 0 Å². The van der Waals surface area contributed by atoms with Gasteiger partial charge in [-0.1, -0.05) is 6.92 Å². The van der Waals surface area contributed by atoms with Gasteiger partial charge in [-0.3, -0.25) is 4.79 Å². The minimum absolute atomic E-state index is 0.0338. The van der Waals surface area contributed by atoms with Crippen LogP contribution in [0.3, 0.4) is 0 Å². The summed E-state index contributed by atoms with van der Waals surface area (Å²) in [4.78, 5) is 12.8. The van der Waals surface area contributed by atoms with Crippen LogP contribution >= 0.6 is 22.7 Å². The molecule has 0 bridgehead atoms. The van der Waals surface area contributed by atoms with E-state index in [0.29, 0.717) is 6.54 Å². The number of fused-ring (bicyclic) bond motifs is 1. The van der Waals surface area contributed by atoms with Crippen molar-refractivity contribution in [3.05, 3.63) is 22.4 Å². The maximum Gasteiger partial charge on any atom is 0.261 e. The first-order valence-electron chi connectivity index (χ1n) is 5.49. The summed E-state index contributed by atoms with van der Waals surface area (Å²) in [5.74, 6) is 0.0338. The average Bonchev–Trinajstić information content (AvgIpc) is 2.82. The predicted octanol–water partition coefficient (Wildman–Crippen LogP) is 2.73. The molecule has 0 aliphatic carbocycles. The van der Waals surface area contributed by atoms with Gasteiger partial charge in [0.15, 0.2) is 0 Å². The van der Waals surface area contributed by atoms with Crippen molar-refractivity contribution in [1.29, 1.82) is 0 Å². The van der Waals surface area contributed by atoms with Crippen molar-refractivity contribution in [1.82, 2.24) is 5.32 Å². The summed E-state index contributed by atoms with van der Waals surface area (Å²) in [6.07, 6.45) is 0. The van der Waals surface area contributed by atoms with Gasteiger partial charge >= 0.3 is 0 Å². The zero-order valence-electron chi connectivity index (χ0n) is 9.49. The van der Waals surface area contributed by atoms with E-state index in [9.17, 15) is 4.79 Å². The van der Waals surface area contributed by atoms with Gasteiger partial charge < -0.3 is 10.1 Å². The molecule has 90 valence electrons. The van der Waals surface area contributed by atoms with Crippen LogP contribution in [-0.4, -0.2) is 25.7 Å².